The van der Waals surface area contributed by atoms with Crippen molar-refractivity contribution >= 4 is 29.3 Å². The second-order valence-electron chi connectivity index (χ2n) is 7.38. The molecule has 1 atom stereocenters. The Kier molecular flexibility index (Phi) is 8.50. The molecule has 34 heavy (non-hydrogen) atoms. The molecular formula is C23H27N5O5S. The van der Waals surface area contributed by atoms with Gasteiger partial charge in [-0.1, -0.05) is 17.8 Å². The van der Waals surface area contributed by atoms with Gasteiger partial charge in [0.25, 0.3) is 5.91 Å². The van der Waals surface area contributed by atoms with Crippen LogP contribution in [0.2, 0.25) is 0 Å². The number of carbonyl (C=O) groups excluding carboxylic acids is 2. The first-order valence-electron chi connectivity index (χ1n) is 10.4. The average molecular weight is 486 g/mol. The molecule has 3 rings (SSSR count). The second kappa shape index (κ2) is 11.5. The molecule has 3 N–H and O–H groups in total. The molecular weight excluding hydrogens is 458 g/mol. The topological polar surface area (TPSA) is 128 Å². The van der Waals surface area contributed by atoms with Gasteiger partial charge in [-0.15, -0.1) is 10.2 Å². The van der Waals surface area contributed by atoms with Gasteiger partial charge in [0, 0.05) is 12.6 Å². The van der Waals surface area contributed by atoms with E-state index >= 15 is 0 Å². The van der Waals surface area contributed by atoms with Crippen molar-refractivity contribution in [1.29, 1.82) is 0 Å². The molecule has 0 unspecified atom stereocenters. The van der Waals surface area contributed by atoms with Crippen molar-refractivity contribution in [2.75, 3.05) is 31.9 Å². The van der Waals surface area contributed by atoms with E-state index in [-0.39, 0.29) is 24.2 Å². The van der Waals surface area contributed by atoms with Gasteiger partial charge in [-0.05, 0) is 48.9 Å². The Balaban J connectivity index is 1.63. The number of carbonyl (C=O) groups is 2. The van der Waals surface area contributed by atoms with Crippen LogP contribution in [0.5, 0.6) is 11.5 Å². The number of hydrogen-bond donors (Lipinski definition) is 3. The Morgan fingerprint density at radius 1 is 1.12 bits per heavy atom. The summed E-state index contributed by atoms with van der Waals surface area (Å²) in [5.41, 5.74) is 2.00. The predicted octanol–water partition coefficient (Wildman–Crippen LogP) is 2.33. The zero-order valence-corrected chi connectivity index (χ0v) is 20.2. The third-order valence-corrected chi connectivity index (χ3v) is 6.00. The number of aryl methyl sites for hydroxylation is 1. The van der Waals surface area contributed by atoms with Crippen LogP contribution in [0.1, 0.15) is 27.8 Å². The largest absolute Gasteiger partial charge is 0.497 e. The molecule has 0 saturated heterocycles. The first-order valence-corrected chi connectivity index (χ1v) is 11.4. The minimum atomic E-state index is -0.771. The van der Waals surface area contributed by atoms with Crippen molar-refractivity contribution < 1.29 is 24.2 Å². The molecule has 2 amide bonds. The highest BCUT2D eigenvalue weighted by molar-refractivity contribution is 7.99. The molecule has 1 aromatic heterocycles. The van der Waals surface area contributed by atoms with Crippen LogP contribution in [0.15, 0.2) is 47.6 Å². The Morgan fingerprint density at radius 2 is 1.85 bits per heavy atom. The molecule has 0 bridgehead atoms. The molecule has 0 spiro atoms. The van der Waals surface area contributed by atoms with Crippen molar-refractivity contribution in [3.63, 3.8) is 0 Å². The fourth-order valence-electron chi connectivity index (χ4n) is 3.17. The van der Waals surface area contributed by atoms with Gasteiger partial charge in [0.2, 0.25) is 5.91 Å². The maximum Gasteiger partial charge on any atom is 0.251 e. The number of aliphatic hydroxyl groups is 1. The van der Waals surface area contributed by atoms with Crippen molar-refractivity contribution in [3.8, 4) is 11.5 Å². The highest BCUT2D eigenvalue weighted by Crippen LogP contribution is 2.26. The van der Waals surface area contributed by atoms with Gasteiger partial charge in [-0.2, -0.15) is 0 Å². The van der Waals surface area contributed by atoms with E-state index in [4.69, 9.17) is 9.47 Å². The Morgan fingerprint density at radius 3 is 2.50 bits per heavy atom. The maximum absolute atomic E-state index is 12.6. The molecule has 1 heterocycles. The van der Waals surface area contributed by atoms with Gasteiger partial charge < -0.3 is 29.8 Å². The number of methoxy groups -OCH3 is 2. The molecule has 0 aliphatic carbocycles. The lowest BCUT2D eigenvalue weighted by molar-refractivity contribution is -0.113. The van der Waals surface area contributed by atoms with Crippen molar-refractivity contribution in [1.82, 2.24) is 20.1 Å². The molecule has 2 aromatic carbocycles. The standard InChI is InChI=1S/C23H27N5O5S/c1-14-5-10-19(33-4)17(11-14)24-20(30)13-34-23-27-26-21(28(23)2)18(12-29)25-22(31)15-6-8-16(32-3)9-7-15/h5-11,18,29H,12-13H2,1-4H3,(H,24,30)(H,25,31)/t18-/m0/s1. The molecule has 0 aliphatic rings. The summed E-state index contributed by atoms with van der Waals surface area (Å²) in [5.74, 6) is 1.06. The van der Waals surface area contributed by atoms with Crippen LogP contribution >= 0.6 is 11.8 Å². The summed E-state index contributed by atoms with van der Waals surface area (Å²) in [4.78, 5) is 25.1. The van der Waals surface area contributed by atoms with Gasteiger partial charge >= 0.3 is 0 Å². The Hall–Kier alpha value is -3.57. The number of anilines is 1. The van der Waals surface area contributed by atoms with Crippen molar-refractivity contribution in [3.05, 3.63) is 59.4 Å². The molecule has 0 fully saturated rings. The van der Waals surface area contributed by atoms with Crippen LogP contribution in [0.25, 0.3) is 0 Å². The van der Waals surface area contributed by atoms with Gasteiger partial charge in [0.15, 0.2) is 11.0 Å². The van der Waals surface area contributed by atoms with E-state index in [1.807, 2.05) is 19.1 Å². The average Bonchev–Trinajstić information content (AvgIpc) is 3.21. The van der Waals surface area contributed by atoms with E-state index in [9.17, 15) is 14.7 Å². The van der Waals surface area contributed by atoms with Crippen molar-refractivity contribution in [2.45, 2.75) is 18.1 Å². The van der Waals surface area contributed by atoms with E-state index in [1.165, 1.54) is 11.8 Å². The van der Waals surface area contributed by atoms with Gasteiger partial charge in [0.05, 0.1) is 32.3 Å². The first kappa shape index (κ1) is 25.1. The van der Waals surface area contributed by atoms with Crippen LogP contribution < -0.4 is 20.1 Å². The summed E-state index contributed by atoms with van der Waals surface area (Å²) < 4.78 is 12.0. The molecule has 0 aliphatic heterocycles. The maximum atomic E-state index is 12.6. The number of aromatic nitrogens is 3. The normalized spacial score (nSPS) is 11.6. The first-order chi connectivity index (χ1) is 16.4. The minimum Gasteiger partial charge on any atom is -0.497 e. The van der Waals surface area contributed by atoms with E-state index in [2.05, 4.69) is 20.8 Å². The number of ether oxygens (including phenoxy) is 2. The number of rotatable bonds is 10. The number of nitrogens with one attached hydrogen (secondary N) is 2. The van der Waals surface area contributed by atoms with E-state index in [1.54, 1.807) is 56.2 Å². The zero-order chi connectivity index (χ0) is 24.7. The summed E-state index contributed by atoms with van der Waals surface area (Å²) in [5, 5.41) is 24.1. The summed E-state index contributed by atoms with van der Waals surface area (Å²) in [7, 11) is 4.80. The number of thioether (sulfide) groups is 1. The fourth-order valence-corrected chi connectivity index (χ4v) is 3.89. The van der Waals surface area contributed by atoms with Crippen molar-refractivity contribution in [2.24, 2.45) is 7.05 Å². The van der Waals surface area contributed by atoms with Crippen LogP contribution in [-0.4, -0.2) is 58.3 Å². The van der Waals surface area contributed by atoms with Gasteiger partial charge in [-0.3, -0.25) is 9.59 Å². The fraction of sp³-hybridized carbons (Fsp3) is 0.304. The molecule has 0 radical (unpaired) electrons. The van der Waals surface area contributed by atoms with E-state index in [0.717, 1.165) is 5.56 Å². The van der Waals surface area contributed by atoms with Crippen LogP contribution in [0.4, 0.5) is 5.69 Å². The minimum absolute atomic E-state index is 0.0884. The van der Waals surface area contributed by atoms with Gasteiger partial charge in [0.1, 0.15) is 17.5 Å². The number of benzene rings is 2. The Labute approximate surface area is 201 Å². The van der Waals surface area contributed by atoms with Gasteiger partial charge in [-0.25, -0.2) is 0 Å². The van der Waals surface area contributed by atoms with Crippen LogP contribution in [0.3, 0.4) is 0 Å². The molecule has 10 nitrogen and oxygen atoms in total. The van der Waals surface area contributed by atoms with E-state index < -0.39 is 6.04 Å². The SMILES string of the molecule is COc1ccc(C(=O)N[C@@H](CO)c2nnc(SCC(=O)Nc3cc(C)ccc3OC)n2C)cc1. The highest BCUT2D eigenvalue weighted by atomic mass is 32.2. The summed E-state index contributed by atoms with van der Waals surface area (Å²) in [6.45, 7) is 1.56. The zero-order valence-electron chi connectivity index (χ0n) is 19.4. The third kappa shape index (κ3) is 6.06. The predicted molar refractivity (Wildman–Crippen MR) is 128 cm³/mol. The molecule has 180 valence electrons. The number of hydrogen-bond acceptors (Lipinski definition) is 8. The highest BCUT2D eigenvalue weighted by Gasteiger charge is 2.22. The lowest BCUT2D eigenvalue weighted by atomic mass is 10.2. The summed E-state index contributed by atoms with van der Waals surface area (Å²) in [6, 6.07) is 11.4. The summed E-state index contributed by atoms with van der Waals surface area (Å²) in [6.07, 6.45) is 0. The van der Waals surface area contributed by atoms with E-state index in [0.29, 0.717) is 33.7 Å². The lowest BCUT2D eigenvalue weighted by Gasteiger charge is -2.16. The van der Waals surface area contributed by atoms with Crippen LogP contribution in [0, 0.1) is 6.92 Å². The molecule has 11 heteroatoms. The third-order valence-electron chi connectivity index (χ3n) is 4.98. The number of nitrogens with zero attached hydrogens (tertiary/aromatic N) is 3. The number of aliphatic hydroxyl groups excluding tert-OH is 1. The quantitative estimate of drug-likeness (QED) is 0.374. The smallest absolute Gasteiger partial charge is 0.251 e. The number of amides is 2. The molecule has 0 saturated carbocycles. The molecule has 3 aromatic rings. The second-order valence-corrected chi connectivity index (χ2v) is 8.32. The summed E-state index contributed by atoms with van der Waals surface area (Å²) >= 11 is 1.19. The monoisotopic (exact) mass is 485 g/mol. The lowest BCUT2D eigenvalue weighted by Crippen LogP contribution is -2.32. The Bertz CT molecular complexity index is 1150. The van der Waals surface area contributed by atoms with Crippen LogP contribution in [-0.2, 0) is 11.8 Å².